The number of hydrazone groups is 1. The van der Waals surface area contributed by atoms with Gasteiger partial charge in [-0.05, 0) is 24.6 Å². The number of rotatable bonds is 5. The van der Waals surface area contributed by atoms with Gasteiger partial charge in [-0.3, -0.25) is 4.79 Å². The van der Waals surface area contributed by atoms with Crippen LogP contribution in [-0.4, -0.2) is 11.6 Å². The quantitative estimate of drug-likeness (QED) is 0.665. The SMILES string of the molecule is CC(C=Cc1ccccc1F)=NNC(=O)Cc1ccccc1. The number of halogens is 1. The summed E-state index contributed by atoms with van der Waals surface area (Å²) in [5.41, 5.74) is 4.48. The van der Waals surface area contributed by atoms with Crippen LogP contribution in [-0.2, 0) is 11.2 Å². The van der Waals surface area contributed by atoms with Crippen molar-refractivity contribution in [3.05, 3.63) is 77.6 Å². The van der Waals surface area contributed by atoms with Crippen LogP contribution < -0.4 is 5.43 Å². The average molecular weight is 296 g/mol. The molecule has 112 valence electrons. The van der Waals surface area contributed by atoms with E-state index in [0.29, 0.717) is 11.3 Å². The van der Waals surface area contributed by atoms with Crippen molar-refractivity contribution >= 4 is 17.7 Å². The van der Waals surface area contributed by atoms with Gasteiger partial charge in [0.05, 0.1) is 12.1 Å². The zero-order valence-corrected chi connectivity index (χ0v) is 12.3. The molecule has 1 N–H and O–H groups in total. The van der Waals surface area contributed by atoms with E-state index in [9.17, 15) is 9.18 Å². The lowest BCUT2D eigenvalue weighted by Gasteiger charge is -2.01. The molecule has 1 amide bonds. The summed E-state index contributed by atoms with van der Waals surface area (Å²) in [6.45, 7) is 1.74. The minimum Gasteiger partial charge on any atom is -0.273 e. The fourth-order valence-corrected chi connectivity index (χ4v) is 1.83. The highest BCUT2D eigenvalue weighted by atomic mass is 19.1. The summed E-state index contributed by atoms with van der Waals surface area (Å²) in [7, 11) is 0. The van der Waals surface area contributed by atoms with Gasteiger partial charge in [0.25, 0.3) is 0 Å². The molecule has 0 saturated carbocycles. The Bertz CT molecular complexity index is 693. The van der Waals surface area contributed by atoms with Crippen molar-refractivity contribution in [2.45, 2.75) is 13.3 Å². The van der Waals surface area contributed by atoms with Crippen LogP contribution in [0.4, 0.5) is 4.39 Å². The molecule has 22 heavy (non-hydrogen) atoms. The Labute approximate surface area is 129 Å². The number of benzene rings is 2. The highest BCUT2D eigenvalue weighted by Gasteiger charge is 2.01. The van der Waals surface area contributed by atoms with Crippen molar-refractivity contribution in [3.63, 3.8) is 0 Å². The lowest BCUT2D eigenvalue weighted by molar-refractivity contribution is -0.120. The van der Waals surface area contributed by atoms with Gasteiger partial charge in [0, 0.05) is 5.56 Å². The average Bonchev–Trinajstić information content (AvgIpc) is 2.53. The Balaban J connectivity index is 1.90. The van der Waals surface area contributed by atoms with E-state index < -0.39 is 0 Å². The molecule has 2 aromatic rings. The number of carbonyl (C=O) groups is 1. The topological polar surface area (TPSA) is 41.5 Å². The third kappa shape index (κ3) is 4.98. The van der Waals surface area contributed by atoms with Gasteiger partial charge in [-0.1, -0.05) is 54.6 Å². The van der Waals surface area contributed by atoms with E-state index in [0.717, 1.165) is 5.56 Å². The molecule has 2 rings (SSSR count). The Morgan fingerprint density at radius 2 is 1.82 bits per heavy atom. The van der Waals surface area contributed by atoms with Gasteiger partial charge in [0.15, 0.2) is 0 Å². The highest BCUT2D eigenvalue weighted by molar-refractivity contribution is 5.97. The van der Waals surface area contributed by atoms with E-state index in [2.05, 4.69) is 10.5 Å². The van der Waals surface area contributed by atoms with Crippen molar-refractivity contribution in [2.24, 2.45) is 5.10 Å². The van der Waals surface area contributed by atoms with E-state index in [-0.39, 0.29) is 18.1 Å². The van der Waals surface area contributed by atoms with Crippen LogP contribution in [0.15, 0.2) is 65.8 Å². The lowest BCUT2D eigenvalue weighted by Crippen LogP contribution is -2.20. The Hall–Kier alpha value is -2.75. The third-order valence-electron chi connectivity index (χ3n) is 2.97. The smallest absolute Gasteiger partial charge is 0.244 e. The fourth-order valence-electron chi connectivity index (χ4n) is 1.83. The number of hydrogen-bond acceptors (Lipinski definition) is 2. The normalized spacial score (nSPS) is 11.6. The van der Waals surface area contributed by atoms with Gasteiger partial charge in [0.1, 0.15) is 5.82 Å². The Morgan fingerprint density at radius 3 is 2.55 bits per heavy atom. The molecule has 0 atom stereocenters. The summed E-state index contributed by atoms with van der Waals surface area (Å²) in [5, 5.41) is 3.97. The first kappa shape index (κ1) is 15.6. The van der Waals surface area contributed by atoms with Gasteiger partial charge in [-0.25, -0.2) is 9.82 Å². The molecule has 3 nitrogen and oxygen atoms in total. The molecule has 0 heterocycles. The van der Waals surface area contributed by atoms with Gasteiger partial charge in [-0.2, -0.15) is 5.10 Å². The lowest BCUT2D eigenvalue weighted by atomic mass is 10.1. The number of hydrogen-bond donors (Lipinski definition) is 1. The third-order valence-corrected chi connectivity index (χ3v) is 2.97. The molecule has 0 unspecified atom stereocenters. The molecule has 0 aliphatic carbocycles. The van der Waals surface area contributed by atoms with Gasteiger partial charge in [0.2, 0.25) is 5.91 Å². The molecule has 0 saturated heterocycles. The molecule has 0 spiro atoms. The van der Waals surface area contributed by atoms with Crippen LogP contribution in [0.2, 0.25) is 0 Å². The number of amides is 1. The van der Waals surface area contributed by atoms with Crippen molar-refractivity contribution in [1.82, 2.24) is 5.43 Å². The minimum absolute atomic E-state index is 0.190. The summed E-state index contributed by atoms with van der Waals surface area (Å²) in [5.74, 6) is -0.482. The summed E-state index contributed by atoms with van der Waals surface area (Å²) in [6.07, 6.45) is 3.55. The van der Waals surface area contributed by atoms with Crippen LogP contribution in [0.3, 0.4) is 0 Å². The second kappa shape index (κ2) is 7.88. The van der Waals surface area contributed by atoms with Crippen LogP contribution in [0.5, 0.6) is 0 Å². The molecule has 4 heteroatoms. The molecule has 0 bridgehead atoms. The van der Waals surface area contributed by atoms with Gasteiger partial charge >= 0.3 is 0 Å². The monoisotopic (exact) mass is 296 g/mol. The number of nitrogens with zero attached hydrogens (tertiary/aromatic N) is 1. The molecule has 0 aliphatic rings. The van der Waals surface area contributed by atoms with Gasteiger partial charge < -0.3 is 0 Å². The molecule has 0 aliphatic heterocycles. The van der Waals surface area contributed by atoms with E-state index in [1.54, 1.807) is 37.3 Å². The second-order valence-electron chi connectivity index (χ2n) is 4.81. The number of carbonyl (C=O) groups excluding carboxylic acids is 1. The highest BCUT2D eigenvalue weighted by Crippen LogP contribution is 2.08. The molecular formula is C18H17FN2O. The first-order chi connectivity index (χ1) is 10.6. The van der Waals surface area contributed by atoms with E-state index in [1.807, 2.05) is 30.3 Å². The Morgan fingerprint density at radius 1 is 1.14 bits per heavy atom. The van der Waals surface area contributed by atoms with E-state index in [4.69, 9.17) is 0 Å². The second-order valence-corrected chi connectivity index (χ2v) is 4.81. The maximum Gasteiger partial charge on any atom is 0.244 e. The van der Waals surface area contributed by atoms with Crippen molar-refractivity contribution in [2.75, 3.05) is 0 Å². The molecule has 0 aromatic heterocycles. The van der Waals surface area contributed by atoms with Crippen LogP contribution in [0.25, 0.3) is 6.08 Å². The number of nitrogens with one attached hydrogen (secondary N) is 1. The summed E-state index contributed by atoms with van der Waals surface area (Å²) >= 11 is 0. The largest absolute Gasteiger partial charge is 0.273 e. The molecule has 2 aromatic carbocycles. The predicted molar refractivity (Wildman–Crippen MR) is 86.8 cm³/mol. The zero-order valence-electron chi connectivity index (χ0n) is 12.3. The predicted octanol–water partition coefficient (Wildman–Crippen LogP) is 3.57. The van der Waals surface area contributed by atoms with Crippen LogP contribution >= 0.6 is 0 Å². The zero-order chi connectivity index (χ0) is 15.8. The first-order valence-electron chi connectivity index (χ1n) is 6.95. The summed E-state index contributed by atoms with van der Waals surface area (Å²) in [6, 6.07) is 15.9. The van der Waals surface area contributed by atoms with Crippen LogP contribution in [0, 0.1) is 5.82 Å². The van der Waals surface area contributed by atoms with Gasteiger partial charge in [-0.15, -0.1) is 0 Å². The molecule has 0 radical (unpaired) electrons. The van der Waals surface area contributed by atoms with Crippen molar-refractivity contribution < 1.29 is 9.18 Å². The summed E-state index contributed by atoms with van der Waals surface area (Å²) in [4.78, 5) is 11.7. The molecule has 0 fully saturated rings. The van der Waals surface area contributed by atoms with Crippen molar-refractivity contribution in [3.8, 4) is 0 Å². The fraction of sp³-hybridized carbons (Fsp3) is 0.111. The molecular weight excluding hydrogens is 279 g/mol. The van der Waals surface area contributed by atoms with Crippen molar-refractivity contribution in [1.29, 1.82) is 0 Å². The number of allylic oxidation sites excluding steroid dienone is 1. The van der Waals surface area contributed by atoms with E-state index >= 15 is 0 Å². The first-order valence-corrected chi connectivity index (χ1v) is 6.95. The summed E-state index contributed by atoms with van der Waals surface area (Å²) < 4.78 is 13.4. The van der Waals surface area contributed by atoms with E-state index in [1.165, 1.54) is 6.07 Å². The maximum absolute atomic E-state index is 13.4. The maximum atomic E-state index is 13.4. The van der Waals surface area contributed by atoms with Crippen LogP contribution in [0.1, 0.15) is 18.1 Å². The standard InChI is InChI=1S/C18H17FN2O/c1-14(11-12-16-9-5-6-10-17(16)19)20-21-18(22)13-15-7-3-2-4-8-15/h2-12H,13H2,1H3,(H,21,22). The Kier molecular flexibility index (Phi) is 5.60. The minimum atomic E-state index is -0.292.